The van der Waals surface area contributed by atoms with E-state index in [1.807, 2.05) is 48.5 Å². The molecule has 164 valence electrons. The molecule has 1 aliphatic rings. The lowest BCUT2D eigenvalue weighted by molar-refractivity contribution is -0.139. The summed E-state index contributed by atoms with van der Waals surface area (Å²) in [6.45, 7) is 1.33. The van der Waals surface area contributed by atoms with Gasteiger partial charge in [-0.1, -0.05) is 61.5 Å². The highest BCUT2D eigenvalue weighted by molar-refractivity contribution is 5.82. The van der Waals surface area contributed by atoms with Crippen LogP contribution in [0.3, 0.4) is 0 Å². The van der Waals surface area contributed by atoms with Crippen LogP contribution in [-0.4, -0.2) is 29.8 Å². The number of carboxylic acid groups (broad SMARTS) is 1. The Labute approximate surface area is 183 Å². The highest BCUT2D eigenvalue weighted by Crippen LogP contribution is 2.44. The zero-order valence-corrected chi connectivity index (χ0v) is 17.2. The zero-order chi connectivity index (χ0) is 22.8. The Hall–Kier alpha value is -3.74. The van der Waals surface area contributed by atoms with E-state index in [2.05, 4.69) is 5.32 Å². The van der Waals surface area contributed by atoms with Gasteiger partial charge >= 0.3 is 12.1 Å². The first-order valence-electron chi connectivity index (χ1n) is 10.2. The molecule has 1 aliphatic carbocycles. The van der Waals surface area contributed by atoms with Crippen LogP contribution in [-0.2, 0) is 9.53 Å². The van der Waals surface area contributed by atoms with Gasteiger partial charge in [0.2, 0.25) is 0 Å². The minimum Gasteiger partial charge on any atom is -0.480 e. The lowest BCUT2D eigenvalue weighted by atomic mass is 9.92. The molecule has 0 fully saturated rings. The molecule has 0 unspecified atom stereocenters. The van der Waals surface area contributed by atoms with Crippen LogP contribution < -0.4 is 5.32 Å². The predicted octanol–water partition coefficient (Wildman–Crippen LogP) is 5.06. The van der Waals surface area contributed by atoms with Crippen LogP contribution in [0.15, 0.2) is 66.7 Å². The van der Waals surface area contributed by atoms with Crippen LogP contribution in [0.4, 0.5) is 13.6 Å². The molecule has 0 saturated heterocycles. The summed E-state index contributed by atoms with van der Waals surface area (Å²) in [5.74, 6) is -4.53. The maximum Gasteiger partial charge on any atom is 0.407 e. The molecule has 4 rings (SSSR count). The van der Waals surface area contributed by atoms with E-state index in [0.29, 0.717) is 0 Å². The summed E-state index contributed by atoms with van der Waals surface area (Å²) >= 11 is 0. The molecule has 2 atom stereocenters. The number of alkyl carbamates (subject to hydrolysis) is 1. The zero-order valence-electron chi connectivity index (χ0n) is 17.2. The standard InChI is InChI=1S/C25H21F2NO4/c1-14(22-20(26)11-6-12-21(22)27)23(24(29)30)28-25(31)32-13-19-17-9-4-2-7-15(17)16-8-3-5-10-18(16)19/h2-12,14,19,23H,13H2,1H3,(H,28,31)(H,29,30)/t14-,23-/m0/s1. The lowest BCUT2D eigenvalue weighted by Crippen LogP contribution is -2.45. The van der Waals surface area contributed by atoms with Gasteiger partial charge in [-0.2, -0.15) is 0 Å². The van der Waals surface area contributed by atoms with Crippen LogP contribution in [0.25, 0.3) is 11.1 Å². The summed E-state index contributed by atoms with van der Waals surface area (Å²) in [4.78, 5) is 24.2. The van der Waals surface area contributed by atoms with Crippen molar-refractivity contribution < 1.29 is 28.2 Å². The minimum absolute atomic E-state index is 0.00532. The molecule has 0 spiro atoms. The van der Waals surface area contributed by atoms with Gasteiger partial charge in [0.1, 0.15) is 24.3 Å². The fourth-order valence-electron chi connectivity index (χ4n) is 4.28. The first-order valence-corrected chi connectivity index (χ1v) is 10.2. The third-order valence-electron chi connectivity index (χ3n) is 5.84. The number of carboxylic acids is 1. The molecule has 0 heterocycles. The highest BCUT2D eigenvalue weighted by Gasteiger charge is 2.33. The first kappa shape index (κ1) is 21.5. The monoisotopic (exact) mass is 437 g/mol. The molecule has 0 bridgehead atoms. The molecule has 0 radical (unpaired) electrons. The number of ether oxygens (including phenoxy) is 1. The van der Waals surface area contributed by atoms with E-state index >= 15 is 0 Å². The number of carbonyl (C=O) groups excluding carboxylic acids is 1. The van der Waals surface area contributed by atoms with E-state index in [0.717, 1.165) is 34.4 Å². The van der Waals surface area contributed by atoms with Gasteiger partial charge in [0.05, 0.1) is 0 Å². The second kappa shape index (κ2) is 8.78. The molecule has 32 heavy (non-hydrogen) atoms. The number of fused-ring (bicyclic) bond motifs is 3. The maximum atomic E-state index is 14.1. The molecule has 3 aromatic carbocycles. The Bertz CT molecular complexity index is 1110. The Kier molecular flexibility index (Phi) is 5.90. The van der Waals surface area contributed by atoms with E-state index in [4.69, 9.17) is 4.74 Å². The summed E-state index contributed by atoms with van der Waals surface area (Å²) < 4.78 is 33.6. The SMILES string of the molecule is C[C@@H](c1c(F)cccc1F)[C@H](NC(=O)OCC1c2ccccc2-c2ccccc21)C(=O)O. The number of hydrogen-bond donors (Lipinski definition) is 2. The summed E-state index contributed by atoms with van der Waals surface area (Å²) in [7, 11) is 0. The second-order valence-electron chi connectivity index (χ2n) is 7.71. The maximum absolute atomic E-state index is 14.1. The summed E-state index contributed by atoms with van der Waals surface area (Å²) in [5.41, 5.74) is 3.74. The van der Waals surface area contributed by atoms with Crippen LogP contribution >= 0.6 is 0 Å². The minimum atomic E-state index is -1.57. The Morgan fingerprint density at radius 1 is 0.938 bits per heavy atom. The van der Waals surface area contributed by atoms with Crippen molar-refractivity contribution in [1.82, 2.24) is 5.32 Å². The number of amides is 1. The Balaban J connectivity index is 1.49. The van der Waals surface area contributed by atoms with Crippen molar-refractivity contribution in [1.29, 1.82) is 0 Å². The van der Waals surface area contributed by atoms with E-state index in [1.165, 1.54) is 13.0 Å². The number of rotatable bonds is 6. The van der Waals surface area contributed by atoms with Crippen molar-refractivity contribution in [2.24, 2.45) is 0 Å². The molecule has 3 aromatic rings. The van der Waals surface area contributed by atoms with Gasteiger partial charge in [-0.3, -0.25) is 0 Å². The Morgan fingerprint density at radius 2 is 1.47 bits per heavy atom. The lowest BCUT2D eigenvalue weighted by Gasteiger charge is -2.23. The van der Waals surface area contributed by atoms with Gasteiger partial charge in [0.25, 0.3) is 0 Å². The van der Waals surface area contributed by atoms with Crippen LogP contribution in [0.2, 0.25) is 0 Å². The second-order valence-corrected chi connectivity index (χ2v) is 7.71. The normalized spacial score (nSPS) is 14.2. The summed E-state index contributed by atoms with van der Waals surface area (Å²) in [5, 5.41) is 11.8. The van der Waals surface area contributed by atoms with Gasteiger partial charge < -0.3 is 15.2 Å². The van der Waals surface area contributed by atoms with Gasteiger partial charge in [0.15, 0.2) is 0 Å². The summed E-state index contributed by atoms with van der Waals surface area (Å²) in [6, 6.07) is 17.3. The average Bonchev–Trinajstić information content (AvgIpc) is 3.09. The topological polar surface area (TPSA) is 75.6 Å². The Morgan fingerprint density at radius 3 is 2.00 bits per heavy atom. The average molecular weight is 437 g/mol. The first-order chi connectivity index (χ1) is 15.4. The van der Waals surface area contributed by atoms with E-state index in [1.54, 1.807) is 0 Å². The molecule has 1 amide bonds. The largest absolute Gasteiger partial charge is 0.480 e. The van der Waals surface area contributed by atoms with Crippen molar-refractivity contribution in [2.45, 2.75) is 24.8 Å². The number of aliphatic carboxylic acids is 1. The quantitative estimate of drug-likeness (QED) is 0.565. The molecular formula is C25H21F2NO4. The number of benzene rings is 3. The van der Waals surface area contributed by atoms with Crippen molar-refractivity contribution in [3.05, 3.63) is 95.1 Å². The van der Waals surface area contributed by atoms with E-state index in [9.17, 15) is 23.5 Å². The summed E-state index contributed by atoms with van der Waals surface area (Å²) in [6.07, 6.45) is -0.970. The molecule has 0 saturated carbocycles. The van der Waals surface area contributed by atoms with Gasteiger partial charge in [0, 0.05) is 17.4 Å². The van der Waals surface area contributed by atoms with Crippen molar-refractivity contribution in [3.63, 3.8) is 0 Å². The molecule has 2 N–H and O–H groups in total. The fraction of sp³-hybridized carbons (Fsp3) is 0.200. The number of halogens is 2. The molecule has 0 aromatic heterocycles. The van der Waals surface area contributed by atoms with Crippen molar-refractivity contribution >= 4 is 12.1 Å². The van der Waals surface area contributed by atoms with E-state index in [-0.39, 0.29) is 12.5 Å². The number of carbonyl (C=O) groups is 2. The van der Waals surface area contributed by atoms with Crippen LogP contribution in [0, 0.1) is 11.6 Å². The van der Waals surface area contributed by atoms with Gasteiger partial charge in [-0.15, -0.1) is 0 Å². The molecule has 0 aliphatic heterocycles. The number of hydrogen-bond acceptors (Lipinski definition) is 3. The number of nitrogens with one attached hydrogen (secondary N) is 1. The van der Waals surface area contributed by atoms with Crippen molar-refractivity contribution in [2.75, 3.05) is 6.61 Å². The highest BCUT2D eigenvalue weighted by atomic mass is 19.1. The van der Waals surface area contributed by atoms with Gasteiger partial charge in [-0.25, -0.2) is 18.4 Å². The van der Waals surface area contributed by atoms with Crippen LogP contribution in [0.1, 0.15) is 35.4 Å². The van der Waals surface area contributed by atoms with Crippen molar-refractivity contribution in [3.8, 4) is 11.1 Å². The van der Waals surface area contributed by atoms with Gasteiger partial charge in [-0.05, 0) is 34.4 Å². The van der Waals surface area contributed by atoms with Crippen LogP contribution in [0.5, 0.6) is 0 Å². The van der Waals surface area contributed by atoms with E-state index < -0.39 is 41.2 Å². The third kappa shape index (κ3) is 3.93. The molecule has 7 heteroatoms. The smallest absolute Gasteiger partial charge is 0.407 e. The fourth-order valence-corrected chi connectivity index (χ4v) is 4.28. The molecular weight excluding hydrogens is 416 g/mol. The predicted molar refractivity (Wildman–Crippen MR) is 114 cm³/mol. The third-order valence-corrected chi connectivity index (χ3v) is 5.84. The molecule has 5 nitrogen and oxygen atoms in total.